The van der Waals surface area contributed by atoms with E-state index in [1.807, 2.05) is 53.7 Å². The number of hydroxylamine groups is 2. The van der Waals surface area contributed by atoms with E-state index in [1.165, 1.54) is 0 Å². The number of guanidine groups is 1. The van der Waals surface area contributed by atoms with Crippen molar-refractivity contribution in [1.82, 2.24) is 5.06 Å². The Morgan fingerprint density at radius 3 is 1.88 bits per heavy atom. The van der Waals surface area contributed by atoms with Crippen molar-refractivity contribution in [2.24, 2.45) is 4.99 Å². The van der Waals surface area contributed by atoms with Gasteiger partial charge in [0.25, 0.3) is 0 Å². The van der Waals surface area contributed by atoms with Crippen LogP contribution in [0.2, 0.25) is 0 Å². The lowest BCUT2D eigenvalue weighted by molar-refractivity contribution is -0.0581. The highest BCUT2D eigenvalue weighted by atomic mass is 32.3. The Hall–Kier alpha value is -1.64. The number of aliphatic imine (C=N–C) groups is 1. The SMILES string of the molecule is Cc1cc(C)c(NC(=NC(C)(C)C)N(OS(=O)(=O)O)C(C)(C)C)c(C)c1. The molecule has 0 bridgehead atoms. The van der Waals surface area contributed by atoms with Crippen LogP contribution >= 0.6 is 0 Å². The number of benzene rings is 1. The van der Waals surface area contributed by atoms with Crippen LogP contribution in [0.25, 0.3) is 0 Å². The average Bonchev–Trinajstić information content (AvgIpc) is 2.35. The topological polar surface area (TPSA) is 91.2 Å². The molecule has 0 radical (unpaired) electrons. The minimum Gasteiger partial charge on any atom is -0.324 e. The lowest BCUT2D eigenvalue weighted by Crippen LogP contribution is -2.50. The summed E-state index contributed by atoms with van der Waals surface area (Å²) in [5.41, 5.74) is 2.61. The Bertz CT molecular complexity index is 765. The van der Waals surface area contributed by atoms with Crippen LogP contribution in [-0.2, 0) is 14.7 Å². The van der Waals surface area contributed by atoms with Crippen molar-refractivity contribution in [3.05, 3.63) is 28.8 Å². The quantitative estimate of drug-likeness (QED) is 0.353. The fourth-order valence-electron chi connectivity index (χ4n) is 2.49. The Morgan fingerprint density at radius 1 is 1.08 bits per heavy atom. The number of aryl methyl sites for hydroxylation is 3. The minimum atomic E-state index is -4.72. The van der Waals surface area contributed by atoms with Gasteiger partial charge in [-0.15, -0.1) is 4.28 Å². The number of nitrogens with one attached hydrogen (secondary N) is 1. The van der Waals surface area contributed by atoms with Crippen LogP contribution in [0.1, 0.15) is 58.2 Å². The van der Waals surface area contributed by atoms with Gasteiger partial charge in [-0.2, -0.15) is 13.5 Å². The number of rotatable bonds is 3. The molecule has 0 heterocycles. The number of nitrogens with zero attached hydrogens (tertiary/aromatic N) is 2. The largest absolute Gasteiger partial charge is 0.418 e. The summed E-state index contributed by atoms with van der Waals surface area (Å²) >= 11 is 0. The molecule has 26 heavy (non-hydrogen) atoms. The molecule has 0 aliphatic rings. The summed E-state index contributed by atoms with van der Waals surface area (Å²) in [4.78, 5) is 4.59. The third-order valence-electron chi connectivity index (χ3n) is 3.33. The normalized spacial score (nSPS) is 13.7. The van der Waals surface area contributed by atoms with E-state index in [1.54, 1.807) is 20.8 Å². The minimum absolute atomic E-state index is 0.192. The summed E-state index contributed by atoms with van der Waals surface area (Å²) in [6, 6.07) is 4.05. The van der Waals surface area contributed by atoms with Gasteiger partial charge in [0.15, 0.2) is 0 Å². The molecule has 0 fully saturated rings. The summed E-state index contributed by atoms with van der Waals surface area (Å²) in [6.07, 6.45) is 0. The molecule has 0 amide bonds. The van der Waals surface area contributed by atoms with E-state index >= 15 is 0 Å². The molecule has 1 aromatic carbocycles. The predicted molar refractivity (Wildman–Crippen MR) is 106 cm³/mol. The fourth-order valence-corrected chi connectivity index (χ4v) is 2.97. The summed E-state index contributed by atoms with van der Waals surface area (Å²) in [6.45, 7) is 16.9. The van der Waals surface area contributed by atoms with Crippen molar-refractivity contribution in [1.29, 1.82) is 0 Å². The second-order valence-corrected chi connectivity index (χ2v) is 9.48. The standard InChI is InChI=1S/C18H31N3O4S/c1-12-10-13(2)15(14(3)11-12)19-16(20-17(4,5)6)21(18(7,8)9)25-26(22,23)24/h10-11H,1-9H3,(H,19,20)(H,22,23,24). The van der Waals surface area contributed by atoms with E-state index in [2.05, 4.69) is 10.3 Å². The molecule has 8 heteroatoms. The number of anilines is 1. The average molecular weight is 386 g/mol. The van der Waals surface area contributed by atoms with Gasteiger partial charge in [0.05, 0.1) is 11.1 Å². The Kier molecular flexibility index (Phi) is 6.50. The summed E-state index contributed by atoms with van der Waals surface area (Å²) in [5, 5.41) is 4.28. The number of hydrogen-bond acceptors (Lipinski definition) is 4. The summed E-state index contributed by atoms with van der Waals surface area (Å²) in [5.74, 6) is 0.192. The van der Waals surface area contributed by atoms with Crippen molar-refractivity contribution in [2.75, 3.05) is 5.32 Å². The molecule has 0 spiro atoms. The van der Waals surface area contributed by atoms with Crippen LogP contribution in [0.5, 0.6) is 0 Å². The van der Waals surface area contributed by atoms with Crippen LogP contribution in [0.4, 0.5) is 5.69 Å². The molecule has 0 unspecified atom stereocenters. The lowest BCUT2D eigenvalue weighted by atomic mass is 10.0. The summed E-state index contributed by atoms with van der Waals surface area (Å²) in [7, 11) is -4.72. The van der Waals surface area contributed by atoms with Gasteiger partial charge in [-0.1, -0.05) is 17.7 Å². The van der Waals surface area contributed by atoms with Crippen molar-refractivity contribution >= 4 is 22.0 Å². The Balaban J connectivity index is 3.52. The molecule has 1 rings (SSSR count). The van der Waals surface area contributed by atoms with Gasteiger partial charge in [0.2, 0.25) is 5.96 Å². The maximum Gasteiger partial charge on any atom is 0.418 e. The molecule has 0 saturated carbocycles. The molecule has 1 aromatic rings. The number of hydrogen-bond donors (Lipinski definition) is 2. The van der Waals surface area contributed by atoms with E-state index in [0.29, 0.717) is 0 Å². The van der Waals surface area contributed by atoms with Gasteiger partial charge in [0, 0.05) is 5.69 Å². The van der Waals surface area contributed by atoms with Gasteiger partial charge in [0.1, 0.15) is 0 Å². The maximum absolute atomic E-state index is 11.4. The molecule has 0 aliphatic carbocycles. The molecule has 2 N–H and O–H groups in total. The first-order valence-corrected chi connectivity index (χ1v) is 9.78. The first-order chi connectivity index (χ1) is 11.5. The molecule has 0 aromatic heterocycles. The first kappa shape index (κ1) is 22.4. The molecule has 0 saturated heterocycles. The first-order valence-electron chi connectivity index (χ1n) is 8.41. The highest BCUT2D eigenvalue weighted by Crippen LogP contribution is 2.25. The zero-order valence-electron chi connectivity index (χ0n) is 17.1. The van der Waals surface area contributed by atoms with Gasteiger partial charge in [-0.25, -0.2) is 4.99 Å². The van der Waals surface area contributed by atoms with Crippen LogP contribution in [0, 0.1) is 20.8 Å². The summed E-state index contributed by atoms with van der Waals surface area (Å²) < 4.78 is 36.9. The van der Waals surface area contributed by atoms with Crippen LogP contribution in [0.3, 0.4) is 0 Å². The van der Waals surface area contributed by atoms with Crippen molar-refractivity contribution in [2.45, 2.75) is 73.4 Å². The molecule has 7 nitrogen and oxygen atoms in total. The smallest absolute Gasteiger partial charge is 0.324 e. The van der Waals surface area contributed by atoms with Crippen LogP contribution in [0.15, 0.2) is 17.1 Å². The van der Waals surface area contributed by atoms with Gasteiger partial charge in [-0.3, -0.25) is 4.55 Å². The molecule has 148 valence electrons. The monoisotopic (exact) mass is 385 g/mol. The van der Waals surface area contributed by atoms with Crippen molar-refractivity contribution in [3.63, 3.8) is 0 Å². The zero-order valence-corrected chi connectivity index (χ0v) is 17.9. The van der Waals surface area contributed by atoms with Crippen molar-refractivity contribution < 1.29 is 17.3 Å². The van der Waals surface area contributed by atoms with E-state index in [4.69, 9.17) is 4.28 Å². The Labute approximate surface area is 157 Å². The highest BCUT2D eigenvalue weighted by molar-refractivity contribution is 7.80. The van der Waals surface area contributed by atoms with Crippen molar-refractivity contribution in [3.8, 4) is 0 Å². The molecule has 0 atom stereocenters. The predicted octanol–water partition coefficient (Wildman–Crippen LogP) is 4.01. The molecular weight excluding hydrogens is 354 g/mol. The third-order valence-corrected chi connectivity index (χ3v) is 3.66. The second kappa shape index (κ2) is 7.54. The van der Waals surface area contributed by atoms with Crippen LogP contribution < -0.4 is 5.32 Å². The fraction of sp³-hybridized carbons (Fsp3) is 0.611. The zero-order chi connectivity index (χ0) is 20.5. The lowest BCUT2D eigenvalue weighted by Gasteiger charge is -2.36. The van der Waals surface area contributed by atoms with E-state index in [-0.39, 0.29) is 5.96 Å². The van der Waals surface area contributed by atoms with Gasteiger partial charge >= 0.3 is 10.4 Å². The second-order valence-electron chi connectivity index (χ2n) is 8.47. The maximum atomic E-state index is 11.4. The van der Waals surface area contributed by atoms with Gasteiger partial charge in [-0.05, 0) is 73.4 Å². The highest BCUT2D eigenvalue weighted by Gasteiger charge is 2.32. The molecule has 0 aliphatic heterocycles. The van der Waals surface area contributed by atoms with Crippen LogP contribution in [-0.4, -0.2) is 35.1 Å². The van der Waals surface area contributed by atoms with Gasteiger partial charge < -0.3 is 5.32 Å². The van der Waals surface area contributed by atoms with E-state index in [0.717, 1.165) is 27.4 Å². The van der Waals surface area contributed by atoms with E-state index < -0.39 is 21.5 Å². The Morgan fingerprint density at radius 2 is 1.54 bits per heavy atom. The van der Waals surface area contributed by atoms with E-state index in [9.17, 15) is 13.0 Å². The molecular formula is C18H31N3O4S. The third kappa shape index (κ3) is 6.93.